The van der Waals surface area contributed by atoms with Crippen LogP contribution in [0.15, 0.2) is 55.0 Å². The van der Waals surface area contributed by atoms with Crippen molar-refractivity contribution in [3.8, 4) is 0 Å². The number of benzene rings is 1. The normalized spacial score (nSPS) is 15.1. The van der Waals surface area contributed by atoms with Crippen LogP contribution < -0.4 is 5.32 Å². The lowest BCUT2D eigenvalue weighted by Crippen LogP contribution is -2.48. The van der Waals surface area contributed by atoms with E-state index in [2.05, 4.69) is 27.1 Å². The number of likely N-dealkylation sites (N-methyl/N-ethyl adjacent to an activating group) is 1. The van der Waals surface area contributed by atoms with Gasteiger partial charge in [-0.15, -0.1) is 0 Å². The van der Waals surface area contributed by atoms with E-state index in [0.29, 0.717) is 5.56 Å². The van der Waals surface area contributed by atoms with E-state index in [9.17, 15) is 4.79 Å². The maximum Gasteiger partial charge on any atom is 0.255 e. The van der Waals surface area contributed by atoms with Crippen molar-refractivity contribution < 1.29 is 4.79 Å². The van der Waals surface area contributed by atoms with Crippen molar-refractivity contribution in [3.63, 3.8) is 0 Å². The number of amides is 1. The zero-order chi connectivity index (χ0) is 18.6. The fourth-order valence-electron chi connectivity index (χ4n) is 3.44. The second-order valence-corrected chi connectivity index (χ2v) is 6.69. The average Bonchev–Trinajstić information content (AvgIpc) is 2.74. The molecular formula is C21H23N5O. The second kappa shape index (κ2) is 7.72. The molecule has 2 aromatic heterocycles. The van der Waals surface area contributed by atoms with Gasteiger partial charge in [-0.05, 0) is 24.7 Å². The maximum atomic E-state index is 12.8. The molecule has 1 N–H and O–H groups in total. The van der Waals surface area contributed by atoms with Gasteiger partial charge in [0.2, 0.25) is 0 Å². The number of carbonyl (C=O) groups excluding carboxylic acids is 1. The molecule has 0 unspecified atom stereocenters. The molecule has 3 aromatic rings. The Morgan fingerprint density at radius 2 is 1.93 bits per heavy atom. The SMILES string of the molecule is CCN1CCN(C(=O)c2cncc(Nc3cccc4cccnc34)c2)CC1. The predicted octanol–water partition coefficient (Wildman–Crippen LogP) is 3.15. The fraction of sp³-hybridized carbons (Fsp3) is 0.286. The number of rotatable bonds is 4. The molecule has 1 aliphatic rings. The first-order valence-electron chi connectivity index (χ1n) is 9.32. The standard InChI is InChI=1S/C21H23N5O/c1-2-25-9-11-26(12-10-25)21(27)17-13-18(15-22-14-17)24-19-7-3-5-16-6-4-8-23-20(16)19/h3-8,13-15,24H,2,9-12H2,1H3. The van der Waals surface area contributed by atoms with Crippen molar-refractivity contribution >= 4 is 28.2 Å². The van der Waals surface area contributed by atoms with E-state index >= 15 is 0 Å². The van der Waals surface area contributed by atoms with Gasteiger partial charge in [0.15, 0.2) is 0 Å². The van der Waals surface area contributed by atoms with Gasteiger partial charge in [0.1, 0.15) is 0 Å². The summed E-state index contributed by atoms with van der Waals surface area (Å²) in [6.45, 7) is 6.56. The number of aromatic nitrogens is 2. The van der Waals surface area contributed by atoms with E-state index in [-0.39, 0.29) is 5.91 Å². The van der Waals surface area contributed by atoms with Crippen LogP contribution in [0.25, 0.3) is 10.9 Å². The van der Waals surface area contributed by atoms with E-state index in [1.165, 1.54) is 0 Å². The summed E-state index contributed by atoms with van der Waals surface area (Å²) < 4.78 is 0. The highest BCUT2D eigenvalue weighted by Gasteiger charge is 2.21. The Morgan fingerprint density at radius 3 is 2.74 bits per heavy atom. The quantitative estimate of drug-likeness (QED) is 0.773. The van der Waals surface area contributed by atoms with Crippen LogP contribution in [-0.2, 0) is 0 Å². The van der Waals surface area contributed by atoms with Gasteiger partial charge in [-0.3, -0.25) is 14.8 Å². The molecule has 0 atom stereocenters. The summed E-state index contributed by atoms with van der Waals surface area (Å²) in [5, 5.41) is 4.42. The van der Waals surface area contributed by atoms with Crippen LogP contribution in [0.2, 0.25) is 0 Å². The summed E-state index contributed by atoms with van der Waals surface area (Å²) >= 11 is 0. The van der Waals surface area contributed by atoms with Gasteiger partial charge in [0.25, 0.3) is 5.91 Å². The summed E-state index contributed by atoms with van der Waals surface area (Å²) in [6, 6.07) is 11.8. The average molecular weight is 361 g/mol. The fourth-order valence-corrected chi connectivity index (χ4v) is 3.44. The molecule has 4 rings (SSSR count). The molecule has 138 valence electrons. The number of carbonyl (C=O) groups is 1. The van der Waals surface area contributed by atoms with Crippen LogP contribution in [0.1, 0.15) is 17.3 Å². The molecule has 0 bridgehead atoms. The molecule has 1 aliphatic heterocycles. The topological polar surface area (TPSA) is 61.4 Å². The van der Waals surface area contributed by atoms with Gasteiger partial charge in [-0.1, -0.05) is 25.1 Å². The number of nitrogens with one attached hydrogen (secondary N) is 1. The van der Waals surface area contributed by atoms with Gasteiger partial charge in [0.05, 0.1) is 28.7 Å². The first-order chi connectivity index (χ1) is 13.2. The monoisotopic (exact) mass is 361 g/mol. The number of fused-ring (bicyclic) bond motifs is 1. The molecule has 6 heteroatoms. The number of nitrogens with zero attached hydrogens (tertiary/aromatic N) is 4. The number of anilines is 2. The summed E-state index contributed by atoms with van der Waals surface area (Å²) in [5.41, 5.74) is 3.19. The molecule has 0 spiro atoms. The van der Waals surface area contributed by atoms with Crippen molar-refractivity contribution in [2.75, 3.05) is 38.0 Å². The number of hydrogen-bond donors (Lipinski definition) is 1. The summed E-state index contributed by atoms with van der Waals surface area (Å²) in [4.78, 5) is 25.8. The van der Waals surface area contributed by atoms with Gasteiger partial charge >= 0.3 is 0 Å². The molecule has 1 saturated heterocycles. The van der Waals surface area contributed by atoms with Crippen LogP contribution >= 0.6 is 0 Å². The Balaban J connectivity index is 1.53. The zero-order valence-electron chi connectivity index (χ0n) is 15.4. The van der Waals surface area contributed by atoms with Crippen molar-refractivity contribution in [1.29, 1.82) is 0 Å². The molecule has 0 aliphatic carbocycles. The highest BCUT2D eigenvalue weighted by Crippen LogP contribution is 2.24. The molecule has 6 nitrogen and oxygen atoms in total. The van der Waals surface area contributed by atoms with Gasteiger partial charge in [-0.25, -0.2) is 0 Å². The minimum absolute atomic E-state index is 0.0398. The summed E-state index contributed by atoms with van der Waals surface area (Å²) in [7, 11) is 0. The molecule has 1 amide bonds. The van der Waals surface area contributed by atoms with Crippen LogP contribution in [0.5, 0.6) is 0 Å². The van der Waals surface area contributed by atoms with E-state index in [4.69, 9.17) is 0 Å². The van der Waals surface area contributed by atoms with Crippen LogP contribution in [-0.4, -0.2) is 58.4 Å². The molecule has 1 fully saturated rings. The van der Waals surface area contributed by atoms with Crippen molar-refractivity contribution in [2.45, 2.75) is 6.92 Å². The summed E-state index contributed by atoms with van der Waals surface area (Å²) in [5.74, 6) is 0.0398. The van der Waals surface area contributed by atoms with Crippen LogP contribution in [0, 0.1) is 0 Å². The second-order valence-electron chi connectivity index (χ2n) is 6.69. The van der Waals surface area contributed by atoms with E-state index in [1.807, 2.05) is 41.3 Å². The highest BCUT2D eigenvalue weighted by molar-refractivity contribution is 5.96. The first-order valence-corrected chi connectivity index (χ1v) is 9.32. The van der Waals surface area contributed by atoms with E-state index in [0.717, 1.165) is 55.0 Å². The zero-order valence-corrected chi connectivity index (χ0v) is 15.4. The number of pyridine rings is 2. The Kier molecular flexibility index (Phi) is 4.98. The Morgan fingerprint density at radius 1 is 1.11 bits per heavy atom. The lowest BCUT2D eigenvalue weighted by atomic mass is 10.1. The largest absolute Gasteiger partial charge is 0.352 e. The first kappa shape index (κ1) is 17.4. The van der Waals surface area contributed by atoms with E-state index < -0.39 is 0 Å². The van der Waals surface area contributed by atoms with Crippen LogP contribution in [0.3, 0.4) is 0 Å². The Labute approximate surface area is 158 Å². The Bertz CT molecular complexity index is 945. The number of piperazine rings is 1. The molecule has 0 saturated carbocycles. The number of hydrogen-bond acceptors (Lipinski definition) is 5. The number of para-hydroxylation sites is 1. The third-order valence-electron chi connectivity index (χ3n) is 5.00. The lowest BCUT2D eigenvalue weighted by Gasteiger charge is -2.34. The minimum atomic E-state index is 0.0398. The maximum absolute atomic E-state index is 12.8. The molecule has 0 radical (unpaired) electrons. The molecule has 27 heavy (non-hydrogen) atoms. The Hall–Kier alpha value is -2.99. The smallest absolute Gasteiger partial charge is 0.255 e. The van der Waals surface area contributed by atoms with Crippen molar-refractivity contribution in [2.24, 2.45) is 0 Å². The molecule has 3 heterocycles. The minimum Gasteiger partial charge on any atom is -0.352 e. The van der Waals surface area contributed by atoms with E-state index in [1.54, 1.807) is 18.6 Å². The molecular weight excluding hydrogens is 338 g/mol. The molecule has 1 aromatic carbocycles. The highest BCUT2D eigenvalue weighted by atomic mass is 16.2. The van der Waals surface area contributed by atoms with Crippen LogP contribution in [0.4, 0.5) is 11.4 Å². The van der Waals surface area contributed by atoms with Gasteiger partial charge < -0.3 is 15.1 Å². The third kappa shape index (κ3) is 3.75. The third-order valence-corrected chi connectivity index (χ3v) is 5.00. The lowest BCUT2D eigenvalue weighted by molar-refractivity contribution is 0.0643. The summed E-state index contributed by atoms with van der Waals surface area (Å²) in [6.07, 6.45) is 5.15. The predicted molar refractivity (Wildman–Crippen MR) is 107 cm³/mol. The van der Waals surface area contributed by atoms with Gasteiger partial charge in [-0.2, -0.15) is 0 Å². The van der Waals surface area contributed by atoms with Crippen molar-refractivity contribution in [3.05, 3.63) is 60.6 Å². The van der Waals surface area contributed by atoms with Crippen molar-refractivity contribution in [1.82, 2.24) is 19.8 Å². The van der Waals surface area contributed by atoms with Gasteiger partial charge in [0, 0.05) is 44.0 Å².